The minimum absolute atomic E-state index is 0.216. The number of aliphatic imine (C=N–C) groups is 2. The molecule has 0 fully saturated rings. The van der Waals surface area contributed by atoms with E-state index in [2.05, 4.69) is 9.98 Å². The molecule has 3 aromatic rings. The molecule has 4 nitrogen and oxygen atoms in total. The first kappa shape index (κ1) is 15.5. The maximum Gasteiger partial charge on any atom is 0.167 e. The van der Waals surface area contributed by atoms with Gasteiger partial charge in [0, 0.05) is 23.6 Å². The fourth-order valence-corrected chi connectivity index (χ4v) is 2.14. The van der Waals surface area contributed by atoms with Crippen LogP contribution in [0.5, 0.6) is 11.5 Å². The Bertz CT molecular complexity index is 798. The first-order valence-corrected chi connectivity index (χ1v) is 7.47. The first-order chi connectivity index (χ1) is 11.7. The van der Waals surface area contributed by atoms with Gasteiger partial charge in [-0.2, -0.15) is 0 Å². The largest absolute Gasteiger partial charge is 0.504 e. The van der Waals surface area contributed by atoms with Crippen LogP contribution in [0.3, 0.4) is 0 Å². The monoisotopic (exact) mass is 316 g/mol. The van der Waals surface area contributed by atoms with E-state index in [1.807, 2.05) is 60.7 Å². The summed E-state index contributed by atoms with van der Waals surface area (Å²) in [5.41, 5.74) is 2.42. The van der Waals surface area contributed by atoms with Crippen LogP contribution in [-0.2, 0) is 0 Å². The maximum absolute atomic E-state index is 10.2. The molecular formula is C20H16N2O2. The molecule has 0 atom stereocenters. The van der Waals surface area contributed by atoms with Gasteiger partial charge >= 0.3 is 0 Å². The topological polar surface area (TPSA) is 65.2 Å². The molecule has 0 spiro atoms. The normalized spacial score (nSPS) is 11.3. The lowest BCUT2D eigenvalue weighted by atomic mass is 10.1. The van der Waals surface area contributed by atoms with Gasteiger partial charge in [0.15, 0.2) is 11.5 Å². The molecule has 3 aromatic carbocycles. The number of phenols is 2. The number of benzene rings is 3. The van der Waals surface area contributed by atoms with Gasteiger partial charge < -0.3 is 10.2 Å². The molecule has 0 heterocycles. The molecule has 3 rings (SSSR count). The molecule has 0 unspecified atom stereocenters. The van der Waals surface area contributed by atoms with Gasteiger partial charge in [0.05, 0.1) is 11.4 Å². The molecule has 118 valence electrons. The zero-order valence-electron chi connectivity index (χ0n) is 12.9. The summed E-state index contributed by atoms with van der Waals surface area (Å²) in [5, 5.41) is 20.3. The Morgan fingerprint density at radius 2 is 0.917 bits per heavy atom. The van der Waals surface area contributed by atoms with Gasteiger partial charge in [-0.1, -0.05) is 36.4 Å². The van der Waals surface area contributed by atoms with Crippen molar-refractivity contribution >= 4 is 23.8 Å². The number of nitrogens with zero attached hydrogens (tertiary/aromatic N) is 2. The van der Waals surface area contributed by atoms with Crippen molar-refractivity contribution in [3.05, 3.63) is 83.9 Å². The summed E-state index contributed by atoms with van der Waals surface area (Å²) >= 11 is 0. The van der Waals surface area contributed by atoms with E-state index >= 15 is 0 Å². The average molecular weight is 316 g/mol. The number of para-hydroxylation sites is 2. The van der Waals surface area contributed by atoms with E-state index in [4.69, 9.17) is 0 Å². The second kappa shape index (κ2) is 7.24. The van der Waals surface area contributed by atoms with E-state index in [9.17, 15) is 10.2 Å². The molecular weight excluding hydrogens is 300 g/mol. The summed E-state index contributed by atoms with van der Waals surface area (Å²) in [5.74, 6) is -0.432. The van der Waals surface area contributed by atoms with Crippen molar-refractivity contribution < 1.29 is 10.2 Å². The van der Waals surface area contributed by atoms with E-state index in [1.54, 1.807) is 12.1 Å². The molecule has 0 saturated carbocycles. The predicted molar refractivity (Wildman–Crippen MR) is 97.2 cm³/mol. The Balaban J connectivity index is 1.84. The van der Waals surface area contributed by atoms with Gasteiger partial charge in [-0.05, 0) is 36.4 Å². The lowest BCUT2D eigenvalue weighted by molar-refractivity contribution is 0.402. The molecule has 0 radical (unpaired) electrons. The lowest BCUT2D eigenvalue weighted by Gasteiger charge is -2.05. The van der Waals surface area contributed by atoms with Crippen LogP contribution in [0.2, 0.25) is 0 Å². The summed E-state index contributed by atoms with van der Waals surface area (Å²) in [7, 11) is 0. The fraction of sp³-hybridized carbons (Fsp3) is 0. The standard InChI is InChI=1S/C20H16N2O2/c23-19-15(13-21-17-7-3-1-4-8-17)11-12-16(20(19)24)14-22-18-9-5-2-6-10-18/h1-14,23-24H. The van der Waals surface area contributed by atoms with E-state index in [1.165, 1.54) is 12.4 Å². The fourth-order valence-electron chi connectivity index (χ4n) is 2.14. The van der Waals surface area contributed by atoms with Crippen LogP contribution in [0.4, 0.5) is 11.4 Å². The highest BCUT2D eigenvalue weighted by Crippen LogP contribution is 2.31. The molecule has 0 aliphatic heterocycles. The number of hydrogen-bond donors (Lipinski definition) is 2. The molecule has 0 aliphatic rings. The zero-order chi connectivity index (χ0) is 16.8. The first-order valence-electron chi connectivity index (χ1n) is 7.47. The van der Waals surface area contributed by atoms with Crippen molar-refractivity contribution in [2.24, 2.45) is 9.98 Å². The quantitative estimate of drug-likeness (QED) is 0.546. The summed E-state index contributed by atoms with van der Waals surface area (Å²) < 4.78 is 0. The second-order valence-electron chi connectivity index (χ2n) is 5.13. The molecule has 0 amide bonds. The highest BCUT2D eigenvalue weighted by molar-refractivity contribution is 5.92. The summed E-state index contributed by atoms with van der Waals surface area (Å²) in [6.07, 6.45) is 3.03. The van der Waals surface area contributed by atoms with E-state index in [0.29, 0.717) is 11.1 Å². The lowest BCUT2D eigenvalue weighted by Crippen LogP contribution is -1.88. The Labute approximate surface area is 140 Å². The zero-order valence-corrected chi connectivity index (χ0v) is 12.9. The smallest absolute Gasteiger partial charge is 0.167 e. The molecule has 0 aliphatic carbocycles. The predicted octanol–water partition coefficient (Wildman–Crippen LogP) is 4.60. The van der Waals surface area contributed by atoms with Crippen LogP contribution in [0.15, 0.2) is 82.8 Å². The highest BCUT2D eigenvalue weighted by Gasteiger charge is 2.09. The molecule has 0 bridgehead atoms. The number of rotatable bonds is 4. The van der Waals surface area contributed by atoms with Crippen LogP contribution in [0, 0.1) is 0 Å². The van der Waals surface area contributed by atoms with E-state index < -0.39 is 0 Å². The Hall–Kier alpha value is -3.40. The van der Waals surface area contributed by atoms with Gasteiger partial charge in [0.25, 0.3) is 0 Å². The molecule has 0 saturated heterocycles. The van der Waals surface area contributed by atoms with Crippen molar-refractivity contribution in [2.75, 3.05) is 0 Å². The van der Waals surface area contributed by atoms with Crippen LogP contribution in [0.25, 0.3) is 0 Å². The maximum atomic E-state index is 10.2. The number of phenolic OH excluding ortho intramolecular Hbond substituents is 2. The van der Waals surface area contributed by atoms with Gasteiger partial charge in [0.2, 0.25) is 0 Å². The summed E-state index contributed by atoms with van der Waals surface area (Å²) in [6.45, 7) is 0. The van der Waals surface area contributed by atoms with Crippen molar-refractivity contribution in [3.8, 4) is 11.5 Å². The average Bonchev–Trinajstić information content (AvgIpc) is 2.64. The van der Waals surface area contributed by atoms with Gasteiger partial charge in [-0.25, -0.2) is 0 Å². The summed E-state index contributed by atoms with van der Waals surface area (Å²) in [4.78, 5) is 8.54. The molecule has 4 heteroatoms. The van der Waals surface area contributed by atoms with Crippen LogP contribution < -0.4 is 0 Å². The Morgan fingerprint density at radius 1 is 0.542 bits per heavy atom. The Morgan fingerprint density at radius 3 is 1.29 bits per heavy atom. The van der Waals surface area contributed by atoms with Crippen molar-refractivity contribution in [1.29, 1.82) is 0 Å². The van der Waals surface area contributed by atoms with Gasteiger partial charge in [-0.3, -0.25) is 9.98 Å². The van der Waals surface area contributed by atoms with Gasteiger partial charge in [-0.15, -0.1) is 0 Å². The minimum atomic E-state index is -0.216. The molecule has 0 aromatic heterocycles. The molecule has 2 N–H and O–H groups in total. The summed E-state index contributed by atoms with van der Waals surface area (Å²) in [6, 6.07) is 22.1. The van der Waals surface area contributed by atoms with Crippen molar-refractivity contribution in [3.63, 3.8) is 0 Å². The number of hydrogen-bond acceptors (Lipinski definition) is 4. The minimum Gasteiger partial charge on any atom is -0.504 e. The van der Waals surface area contributed by atoms with E-state index in [-0.39, 0.29) is 11.5 Å². The van der Waals surface area contributed by atoms with Crippen LogP contribution in [0.1, 0.15) is 11.1 Å². The van der Waals surface area contributed by atoms with Gasteiger partial charge in [0.1, 0.15) is 0 Å². The third-order valence-corrected chi connectivity index (χ3v) is 3.43. The third kappa shape index (κ3) is 3.67. The third-order valence-electron chi connectivity index (χ3n) is 3.43. The second-order valence-corrected chi connectivity index (χ2v) is 5.13. The van der Waals surface area contributed by atoms with E-state index in [0.717, 1.165) is 11.4 Å². The molecule has 24 heavy (non-hydrogen) atoms. The van der Waals surface area contributed by atoms with Crippen molar-refractivity contribution in [1.82, 2.24) is 0 Å². The number of aromatic hydroxyl groups is 2. The SMILES string of the molecule is Oc1c(C=Nc2ccccc2)ccc(C=Nc2ccccc2)c1O. The Kier molecular flexibility index (Phi) is 4.68. The van der Waals surface area contributed by atoms with Crippen molar-refractivity contribution in [2.45, 2.75) is 0 Å². The highest BCUT2D eigenvalue weighted by atomic mass is 16.3. The van der Waals surface area contributed by atoms with Crippen LogP contribution >= 0.6 is 0 Å². The van der Waals surface area contributed by atoms with Crippen LogP contribution in [-0.4, -0.2) is 22.6 Å².